The second kappa shape index (κ2) is 8.11. The van der Waals surface area contributed by atoms with Crippen LogP contribution in [0.5, 0.6) is 5.75 Å². The lowest BCUT2D eigenvalue weighted by Crippen LogP contribution is -2.48. The highest BCUT2D eigenvalue weighted by molar-refractivity contribution is 5.76. The average molecular weight is 347 g/mol. The summed E-state index contributed by atoms with van der Waals surface area (Å²) in [5.74, 6) is 1.20. The van der Waals surface area contributed by atoms with E-state index < -0.39 is 0 Å². The third kappa shape index (κ3) is 5.03. The quantitative estimate of drug-likeness (QED) is 0.802. The fourth-order valence-electron chi connectivity index (χ4n) is 2.81. The van der Waals surface area contributed by atoms with Crippen molar-refractivity contribution in [1.29, 1.82) is 0 Å². The van der Waals surface area contributed by atoms with E-state index in [4.69, 9.17) is 9.26 Å². The Morgan fingerprint density at radius 1 is 1.24 bits per heavy atom. The number of amides is 1. The molecule has 3 rings (SSSR count). The van der Waals surface area contributed by atoms with Gasteiger partial charge in [0.1, 0.15) is 11.6 Å². The Hall–Kier alpha value is -2.41. The predicted molar refractivity (Wildman–Crippen MR) is 89.6 cm³/mol. The first-order valence-corrected chi connectivity index (χ1v) is 8.41. The number of aryl methyl sites for hydroxylation is 1. The van der Waals surface area contributed by atoms with Gasteiger partial charge in [-0.05, 0) is 31.2 Å². The number of ether oxygens (including phenoxy) is 1. The summed E-state index contributed by atoms with van der Waals surface area (Å²) in [6.45, 7) is 5.93. The Bertz CT molecular complexity index is 694. The standard InChI is InChI=1S/C18H22FN3O3/c1-14-12-17(25-20-14)13-21-7-9-22(10-8-21)18(23)6-11-24-16-4-2-15(19)3-5-16/h2-5,12H,6-11,13H2,1H3. The number of aromatic nitrogens is 1. The van der Waals surface area contributed by atoms with Crippen molar-refractivity contribution in [3.8, 4) is 5.75 Å². The van der Waals surface area contributed by atoms with Gasteiger partial charge in [0.25, 0.3) is 0 Å². The van der Waals surface area contributed by atoms with E-state index >= 15 is 0 Å². The maximum Gasteiger partial charge on any atom is 0.226 e. The lowest BCUT2D eigenvalue weighted by atomic mass is 10.2. The molecule has 0 saturated carbocycles. The SMILES string of the molecule is Cc1cc(CN2CCN(C(=O)CCOc3ccc(F)cc3)CC2)on1. The summed E-state index contributed by atoms with van der Waals surface area (Å²) < 4.78 is 23.5. The van der Waals surface area contributed by atoms with E-state index in [1.54, 1.807) is 12.1 Å². The third-order valence-corrected chi connectivity index (χ3v) is 4.18. The Kier molecular flexibility index (Phi) is 5.65. The molecule has 0 bridgehead atoms. The number of benzene rings is 1. The second-order valence-electron chi connectivity index (χ2n) is 6.14. The fraction of sp³-hybridized carbons (Fsp3) is 0.444. The first-order valence-electron chi connectivity index (χ1n) is 8.41. The summed E-state index contributed by atoms with van der Waals surface area (Å²) in [6, 6.07) is 7.73. The first-order chi connectivity index (χ1) is 12.1. The molecule has 0 radical (unpaired) electrons. The normalized spacial score (nSPS) is 15.4. The molecular formula is C18H22FN3O3. The van der Waals surface area contributed by atoms with Crippen LogP contribution >= 0.6 is 0 Å². The summed E-state index contributed by atoms with van der Waals surface area (Å²) in [5, 5.41) is 3.89. The molecule has 25 heavy (non-hydrogen) atoms. The highest BCUT2D eigenvalue weighted by Crippen LogP contribution is 2.13. The van der Waals surface area contributed by atoms with E-state index in [1.165, 1.54) is 12.1 Å². The molecule has 0 aliphatic carbocycles. The molecule has 1 aromatic heterocycles. The van der Waals surface area contributed by atoms with Crippen LogP contribution in [0.15, 0.2) is 34.9 Å². The van der Waals surface area contributed by atoms with Gasteiger partial charge in [-0.1, -0.05) is 5.16 Å². The van der Waals surface area contributed by atoms with Gasteiger partial charge in [-0.25, -0.2) is 4.39 Å². The van der Waals surface area contributed by atoms with Crippen LogP contribution in [-0.2, 0) is 11.3 Å². The molecule has 7 heteroatoms. The molecule has 6 nitrogen and oxygen atoms in total. The Balaban J connectivity index is 1.37. The molecule has 1 aromatic carbocycles. The van der Waals surface area contributed by atoms with Gasteiger partial charge in [-0.15, -0.1) is 0 Å². The van der Waals surface area contributed by atoms with Crippen molar-refractivity contribution in [2.24, 2.45) is 0 Å². The monoisotopic (exact) mass is 347 g/mol. The minimum atomic E-state index is -0.304. The molecule has 1 fully saturated rings. The van der Waals surface area contributed by atoms with E-state index in [9.17, 15) is 9.18 Å². The number of hydrogen-bond acceptors (Lipinski definition) is 5. The topological polar surface area (TPSA) is 58.8 Å². The van der Waals surface area contributed by atoms with Gasteiger partial charge >= 0.3 is 0 Å². The minimum absolute atomic E-state index is 0.0808. The highest BCUT2D eigenvalue weighted by Gasteiger charge is 2.21. The molecule has 0 N–H and O–H groups in total. The maximum atomic E-state index is 12.8. The third-order valence-electron chi connectivity index (χ3n) is 4.18. The van der Waals surface area contributed by atoms with Gasteiger partial charge < -0.3 is 14.2 Å². The second-order valence-corrected chi connectivity index (χ2v) is 6.14. The van der Waals surface area contributed by atoms with Crippen molar-refractivity contribution in [3.63, 3.8) is 0 Å². The zero-order chi connectivity index (χ0) is 17.6. The summed E-state index contributed by atoms with van der Waals surface area (Å²) >= 11 is 0. The lowest BCUT2D eigenvalue weighted by Gasteiger charge is -2.34. The number of halogens is 1. The smallest absolute Gasteiger partial charge is 0.226 e. The molecule has 2 heterocycles. The maximum absolute atomic E-state index is 12.8. The number of nitrogens with zero attached hydrogens (tertiary/aromatic N) is 3. The lowest BCUT2D eigenvalue weighted by molar-refractivity contribution is -0.133. The van der Waals surface area contributed by atoms with E-state index in [0.717, 1.165) is 31.1 Å². The Morgan fingerprint density at radius 3 is 2.60 bits per heavy atom. The van der Waals surface area contributed by atoms with Crippen LogP contribution in [0.1, 0.15) is 17.9 Å². The van der Waals surface area contributed by atoms with E-state index in [0.29, 0.717) is 31.9 Å². The van der Waals surface area contributed by atoms with Gasteiger partial charge in [0, 0.05) is 32.2 Å². The van der Waals surface area contributed by atoms with Crippen molar-refractivity contribution in [3.05, 3.63) is 47.6 Å². The molecule has 1 aliphatic rings. The Labute approximate surface area is 146 Å². The van der Waals surface area contributed by atoms with E-state index in [2.05, 4.69) is 10.1 Å². The van der Waals surface area contributed by atoms with Crippen molar-refractivity contribution in [2.75, 3.05) is 32.8 Å². The van der Waals surface area contributed by atoms with Gasteiger partial charge in [0.2, 0.25) is 5.91 Å². The van der Waals surface area contributed by atoms with Crippen LogP contribution in [0.25, 0.3) is 0 Å². The first kappa shape index (κ1) is 17.4. The van der Waals surface area contributed by atoms with Crippen LogP contribution in [0, 0.1) is 12.7 Å². The summed E-state index contributed by atoms with van der Waals surface area (Å²) in [6.07, 6.45) is 0.318. The highest BCUT2D eigenvalue weighted by atomic mass is 19.1. The van der Waals surface area contributed by atoms with Crippen LogP contribution in [0.2, 0.25) is 0 Å². The van der Waals surface area contributed by atoms with Crippen molar-refractivity contribution in [1.82, 2.24) is 15.0 Å². The molecular weight excluding hydrogens is 325 g/mol. The van der Waals surface area contributed by atoms with Crippen molar-refractivity contribution < 1.29 is 18.4 Å². The summed E-state index contributed by atoms with van der Waals surface area (Å²) in [4.78, 5) is 16.4. The van der Waals surface area contributed by atoms with Crippen LogP contribution in [0.3, 0.4) is 0 Å². The fourth-order valence-corrected chi connectivity index (χ4v) is 2.81. The summed E-state index contributed by atoms with van der Waals surface area (Å²) in [5.41, 5.74) is 0.880. The molecule has 1 amide bonds. The zero-order valence-electron chi connectivity index (χ0n) is 14.3. The van der Waals surface area contributed by atoms with Gasteiger partial charge in [0.15, 0.2) is 5.76 Å². The zero-order valence-corrected chi connectivity index (χ0v) is 14.3. The van der Waals surface area contributed by atoms with Crippen molar-refractivity contribution >= 4 is 5.91 Å². The van der Waals surface area contributed by atoms with E-state index in [1.807, 2.05) is 17.9 Å². The molecule has 134 valence electrons. The minimum Gasteiger partial charge on any atom is -0.493 e. The summed E-state index contributed by atoms with van der Waals surface area (Å²) in [7, 11) is 0. The van der Waals surface area contributed by atoms with Gasteiger partial charge in [-0.3, -0.25) is 9.69 Å². The number of carbonyl (C=O) groups excluding carboxylic acids is 1. The van der Waals surface area contributed by atoms with Crippen molar-refractivity contribution in [2.45, 2.75) is 19.9 Å². The number of piperazine rings is 1. The van der Waals surface area contributed by atoms with E-state index in [-0.39, 0.29) is 11.7 Å². The molecule has 0 unspecified atom stereocenters. The average Bonchev–Trinajstić information content (AvgIpc) is 3.02. The van der Waals surface area contributed by atoms with Crippen LogP contribution in [0.4, 0.5) is 4.39 Å². The largest absolute Gasteiger partial charge is 0.493 e. The van der Waals surface area contributed by atoms with Gasteiger partial charge in [0.05, 0.1) is 25.3 Å². The number of carbonyl (C=O) groups is 1. The van der Waals surface area contributed by atoms with Crippen LogP contribution < -0.4 is 4.74 Å². The predicted octanol–water partition coefficient (Wildman–Crippen LogP) is 2.24. The van der Waals surface area contributed by atoms with Gasteiger partial charge in [-0.2, -0.15) is 0 Å². The number of hydrogen-bond donors (Lipinski definition) is 0. The molecule has 0 atom stereocenters. The van der Waals surface area contributed by atoms with Crippen LogP contribution in [-0.4, -0.2) is 53.6 Å². The molecule has 1 aliphatic heterocycles. The number of rotatable bonds is 6. The Morgan fingerprint density at radius 2 is 1.96 bits per heavy atom. The molecule has 0 spiro atoms. The molecule has 2 aromatic rings. The molecule has 1 saturated heterocycles.